The molecule has 0 fully saturated rings. The van der Waals surface area contributed by atoms with Crippen molar-refractivity contribution in [3.8, 4) is 17.2 Å². The fourth-order valence-electron chi connectivity index (χ4n) is 3.17. The zero-order chi connectivity index (χ0) is 20.9. The highest BCUT2D eigenvalue weighted by molar-refractivity contribution is 5.91. The van der Waals surface area contributed by atoms with Gasteiger partial charge in [-0.3, -0.25) is 9.20 Å². The second-order valence-electron chi connectivity index (χ2n) is 6.66. The minimum Gasteiger partial charge on any atom is -0.493 e. The van der Waals surface area contributed by atoms with Gasteiger partial charge < -0.3 is 19.5 Å². The van der Waals surface area contributed by atoms with Gasteiger partial charge in [-0.25, -0.2) is 9.48 Å². The molecule has 0 unspecified atom stereocenters. The van der Waals surface area contributed by atoms with Crippen LogP contribution in [0.25, 0.3) is 11.7 Å². The molecule has 9 heteroatoms. The van der Waals surface area contributed by atoms with E-state index in [-0.39, 0.29) is 11.6 Å². The number of pyridine rings is 1. The third kappa shape index (κ3) is 4.14. The fraction of sp³-hybridized carbons (Fsp3) is 0.286. The van der Waals surface area contributed by atoms with Crippen LogP contribution in [-0.2, 0) is 11.3 Å². The summed E-state index contributed by atoms with van der Waals surface area (Å²) >= 11 is 0. The van der Waals surface area contributed by atoms with E-state index < -0.39 is 0 Å². The highest BCUT2D eigenvalue weighted by Gasteiger charge is 2.17. The van der Waals surface area contributed by atoms with Crippen molar-refractivity contribution < 1.29 is 19.0 Å². The first kappa shape index (κ1) is 19.6. The molecule has 0 bridgehead atoms. The molecule has 156 valence electrons. The van der Waals surface area contributed by atoms with E-state index in [0.29, 0.717) is 55.6 Å². The second kappa shape index (κ2) is 8.73. The summed E-state index contributed by atoms with van der Waals surface area (Å²) in [6.45, 7) is 1.79. The normalized spacial score (nSPS) is 13.0. The van der Waals surface area contributed by atoms with Crippen LogP contribution in [-0.4, -0.2) is 47.0 Å². The number of aromatic nitrogens is 3. The lowest BCUT2D eigenvalue weighted by Gasteiger charge is -2.20. The van der Waals surface area contributed by atoms with Crippen molar-refractivity contribution in [2.45, 2.75) is 13.0 Å². The van der Waals surface area contributed by atoms with Gasteiger partial charge in [0.25, 0.3) is 0 Å². The average Bonchev–Trinajstić information content (AvgIpc) is 3.10. The maximum atomic E-state index is 12.2. The molecule has 0 saturated carbocycles. The number of hydrogen-bond donors (Lipinski definition) is 1. The molecule has 0 saturated heterocycles. The third-order valence-electron chi connectivity index (χ3n) is 4.61. The van der Waals surface area contributed by atoms with Crippen molar-refractivity contribution in [2.75, 3.05) is 26.9 Å². The van der Waals surface area contributed by atoms with Gasteiger partial charge in [-0.15, -0.1) is 5.10 Å². The monoisotopic (exact) mass is 410 g/mol. The smallest absolute Gasteiger partial charge is 0.350 e. The number of nitrogens with one attached hydrogen (secondary N) is 1. The SMILES string of the molecule is COc1cc(C=CC(=O)NCCCn2nc3ccccn3c2=O)cc2c1OCCO2. The Bertz CT molecular complexity index is 1130. The molecule has 30 heavy (non-hydrogen) atoms. The molecule has 1 aliphatic heterocycles. The topological polar surface area (TPSA) is 96.1 Å². The summed E-state index contributed by atoms with van der Waals surface area (Å²) in [6, 6.07) is 8.97. The molecule has 1 aliphatic rings. The van der Waals surface area contributed by atoms with Crippen molar-refractivity contribution >= 4 is 17.6 Å². The van der Waals surface area contributed by atoms with Crippen LogP contribution >= 0.6 is 0 Å². The number of rotatable bonds is 7. The summed E-state index contributed by atoms with van der Waals surface area (Å²) in [5.41, 5.74) is 1.18. The van der Waals surface area contributed by atoms with E-state index >= 15 is 0 Å². The number of aryl methyl sites for hydroxylation is 1. The molecule has 1 amide bonds. The van der Waals surface area contributed by atoms with Crippen molar-refractivity contribution in [3.05, 3.63) is 58.7 Å². The van der Waals surface area contributed by atoms with Gasteiger partial charge >= 0.3 is 5.69 Å². The van der Waals surface area contributed by atoms with Crippen LogP contribution in [0.4, 0.5) is 0 Å². The van der Waals surface area contributed by atoms with Crippen LogP contribution in [0, 0.1) is 0 Å². The number of amides is 1. The van der Waals surface area contributed by atoms with Crippen molar-refractivity contribution in [3.63, 3.8) is 0 Å². The first-order valence-electron chi connectivity index (χ1n) is 9.63. The summed E-state index contributed by atoms with van der Waals surface area (Å²) in [7, 11) is 1.56. The Kier molecular flexibility index (Phi) is 5.69. The Morgan fingerprint density at radius 2 is 2.17 bits per heavy atom. The van der Waals surface area contributed by atoms with E-state index in [0.717, 1.165) is 5.56 Å². The molecular formula is C21H22N4O5. The van der Waals surface area contributed by atoms with E-state index in [4.69, 9.17) is 14.2 Å². The highest BCUT2D eigenvalue weighted by atomic mass is 16.6. The number of hydrogen-bond acceptors (Lipinski definition) is 6. The van der Waals surface area contributed by atoms with Crippen LogP contribution in [0.5, 0.6) is 17.2 Å². The van der Waals surface area contributed by atoms with Gasteiger partial charge in [-0.1, -0.05) is 6.07 Å². The van der Waals surface area contributed by atoms with Crippen LogP contribution < -0.4 is 25.2 Å². The van der Waals surface area contributed by atoms with Crippen molar-refractivity contribution in [1.82, 2.24) is 19.5 Å². The lowest BCUT2D eigenvalue weighted by atomic mass is 10.1. The van der Waals surface area contributed by atoms with Crippen LogP contribution in [0.3, 0.4) is 0 Å². The summed E-state index contributed by atoms with van der Waals surface area (Å²) in [5, 5.41) is 7.07. The Labute approximate surface area is 172 Å². The molecule has 0 atom stereocenters. The molecule has 0 spiro atoms. The molecular weight excluding hydrogens is 388 g/mol. The standard InChI is InChI=1S/C21H22N4O5/c1-28-16-13-15(14-17-20(16)30-12-11-29-17)6-7-19(26)22-8-4-10-25-21(27)24-9-3-2-5-18(24)23-25/h2-3,5-7,9,13-14H,4,8,10-12H2,1H3,(H,22,26). The fourth-order valence-corrected chi connectivity index (χ4v) is 3.17. The zero-order valence-corrected chi connectivity index (χ0v) is 16.5. The molecule has 9 nitrogen and oxygen atoms in total. The van der Waals surface area contributed by atoms with E-state index in [1.165, 1.54) is 15.2 Å². The minimum atomic E-state index is -0.230. The summed E-state index contributed by atoms with van der Waals surface area (Å²) in [5.74, 6) is 1.50. The zero-order valence-electron chi connectivity index (χ0n) is 16.5. The van der Waals surface area contributed by atoms with E-state index in [2.05, 4.69) is 10.4 Å². The van der Waals surface area contributed by atoms with Crippen LogP contribution in [0.15, 0.2) is 47.4 Å². The van der Waals surface area contributed by atoms with Gasteiger partial charge in [0.2, 0.25) is 11.7 Å². The Morgan fingerprint density at radius 3 is 3.00 bits per heavy atom. The number of methoxy groups -OCH3 is 1. The minimum absolute atomic E-state index is 0.190. The van der Waals surface area contributed by atoms with E-state index in [9.17, 15) is 9.59 Å². The van der Waals surface area contributed by atoms with Crippen molar-refractivity contribution in [2.24, 2.45) is 0 Å². The molecule has 3 heterocycles. The predicted octanol–water partition coefficient (Wildman–Crippen LogP) is 1.50. The van der Waals surface area contributed by atoms with E-state index in [1.54, 1.807) is 43.6 Å². The lowest BCUT2D eigenvalue weighted by molar-refractivity contribution is -0.116. The van der Waals surface area contributed by atoms with Crippen LogP contribution in [0.2, 0.25) is 0 Å². The van der Waals surface area contributed by atoms with Gasteiger partial charge in [0, 0.05) is 25.4 Å². The third-order valence-corrected chi connectivity index (χ3v) is 4.61. The largest absolute Gasteiger partial charge is 0.493 e. The molecule has 1 aromatic carbocycles. The Hall–Kier alpha value is -3.75. The summed E-state index contributed by atoms with van der Waals surface area (Å²) in [6.07, 6.45) is 5.40. The molecule has 0 radical (unpaired) electrons. The van der Waals surface area contributed by atoms with Gasteiger partial charge in [-0.2, -0.15) is 0 Å². The maximum Gasteiger partial charge on any atom is 0.350 e. The van der Waals surface area contributed by atoms with Crippen molar-refractivity contribution in [1.29, 1.82) is 0 Å². The highest BCUT2D eigenvalue weighted by Crippen LogP contribution is 2.40. The molecule has 3 aromatic rings. The van der Waals surface area contributed by atoms with Gasteiger partial charge in [-0.05, 0) is 42.3 Å². The molecule has 2 aromatic heterocycles. The molecule has 0 aliphatic carbocycles. The predicted molar refractivity (Wildman–Crippen MR) is 110 cm³/mol. The quantitative estimate of drug-likeness (QED) is 0.468. The number of carbonyl (C=O) groups excluding carboxylic acids is 1. The second-order valence-corrected chi connectivity index (χ2v) is 6.66. The van der Waals surface area contributed by atoms with E-state index in [1.807, 2.05) is 6.07 Å². The number of carbonyl (C=O) groups is 1. The number of fused-ring (bicyclic) bond motifs is 2. The number of ether oxygens (including phenoxy) is 3. The lowest BCUT2D eigenvalue weighted by Crippen LogP contribution is -2.26. The Balaban J connectivity index is 1.31. The van der Waals surface area contributed by atoms with Gasteiger partial charge in [0.05, 0.1) is 7.11 Å². The van der Waals surface area contributed by atoms with Gasteiger partial charge in [0.1, 0.15) is 13.2 Å². The Morgan fingerprint density at radius 1 is 1.30 bits per heavy atom. The number of benzene rings is 1. The van der Waals surface area contributed by atoms with Crippen LogP contribution in [0.1, 0.15) is 12.0 Å². The average molecular weight is 410 g/mol. The molecule has 4 rings (SSSR count). The van der Waals surface area contributed by atoms with Gasteiger partial charge in [0.15, 0.2) is 17.1 Å². The first-order chi connectivity index (χ1) is 14.7. The summed E-state index contributed by atoms with van der Waals surface area (Å²) in [4.78, 5) is 24.3. The number of nitrogens with zero attached hydrogens (tertiary/aromatic N) is 3. The molecule has 1 N–H and O–H groups in total. The summed E-state index contributed by atoms with van der Waals surface area (Å²) < 4.78 is 19.4. The first-order valence-corrected chi connectivity index (χ1v) is 9.63. The maximum absolute atomic E-state index is 12.2.